The van der Waals surface area contributed by atoms with Crippen LogP contribution in [0.4, 0.5) is 0 Å². The van der Waals surface area contributed by atoms with Crippen molar-refractivity contribution in [1.29, 1.82) is 0 Å². The van der Waals surface area contributed by atoms with Gasteiger partial charge in [0.15, 0.2) is 5.72 Å². The number of amides is 1. The van der Waals surface area contributed by atoms with E-state index >= 15 is 0 Å². The third kappa shape index (κ3) is 2.14. The molecule has 1 unspecified atom stereocenters. The molecule has 0 bridgehead atoms. The fourth-order valence-electron chi connectivity index (χ4n) is 4.30. The number of rotatable bonds is 0. The fraction of sp³-hybridized carbons (Fsp3) is 0.174. The Kier molecular flexibility index (Phi) is 3.28. The van der Waals surface area contributed by atoms with Gasteiger partial charge >= 0.3 is 0 Å². The van der Waals surface area contributed by atoms with Gasteiger partial charge in [-0.25, -0.2) is 0 Å². The van der Waals surface area contributed by atoms with E-state index in [4.69, 9.17) is 0 Å². The molecule has 3 aromatic rings. The molecule has 3 aromatic carbocycles. The quantitative estimate of drug-likeness (QED) is 0.678. The van der Waals surface area contributed by atoms with Gasteiger partial charge in [-0.3, -0.25) is 4.79 Å². The molecule has 2 heterocycles. The van der Waals surface area contributed by atoms with Gasteiger partial charge in [0.2, 0.25) is 0 Å². The maximum Gasteiger partial charge on any atom is 0.257 e. The Morgan fingerprint density at radius 1 is 0.769 bits per heavy atom. The highest BCUT2D eigenvalue weighted by atomic mass is 16.3. The Balaban J connectivity index is 1.77. The second kappa shape index (κ2) is 5.55. The normalized spacial score (nSPS) is 21.0. The van der Waals surface area contributed by atoms with Gasteiger partial charge in [-0.15, -0.1) is 0 Å². The summed E-state index contributed by atoms with van der Waals surface area (Å²) in [5.41, 5.74) is 4.57. The minimum absolute atomic E-state index is 0.0997. The minimum Gasteiger partial charge on any atom is -0.366 e. The SMILES string of the molecule is O=C1c2ccccc2C2(O)Cc3ccccc3Cc3ccccc3CN12. The van der Waals surface area contributed by atoms with Crippen LogP contribution in [0.25, 0.3) is 0 Å². The molecule has 1 amide bonds. The molecule has 3 heteroatoms. The molecule has 0 fully saturated rings. The summed E-state index contributed by atoms with van der Waals surface area (Å²) < 4.78 is 0. The van der Waals surface area contributed by atoms with Crippen LogP contribution < -0.4 is 0 Å². The van der Waals surface area contributed by atoms with Gasteiger partial charge in [-0.1, -0.05) is 66.7 Å². The van der Waals surface area contributed by atoms with E-state index in [0.717, 1.165) is 17.5 Å². The molecule has 0 spiro atoms. The lowest BCUT2D eigenvalue weighted by molar-refractivity contribution is -0.0877. The average Bonchev–Trinajstić information content (AvgIpc) is 2.89. The summed E-state index contributed by atoms with van der Waals surface area (Å²) in [5, 5.41) is 11.7. The van der Waals surface area contributed by atoms with Crippen LogP contribution in [0.3, 0.4) is 0 Å². The molecule has 2 aliphatic rings. The Labute approximate surface area is 152 Å². The van der Waals surface area contributed by atoms with E-state index in [1.54, 1.807) is 4.90 Å². The first-order chi connectivity index (χ1) is 12.7. The van der Waals surface area contributed by atoms with Crippen molar-refractivity contribution in [3.05, 3.63) is 106 Å². The van der Waals surface area contributed by atoms with Crippen molar-refractivity contribution in [3.63, 3.8) is 0 Å². The molecule has 1 atom stereocenters. The number of fused-ring (bicyclic) bond motifs is 5. The zero-order chi connectivity index (χ0) is 17.7. The fourth-order valence-corrected chi connectivity index (χ4v) is 4.30. The Morgan fingerprint density at radius 2 is 1.35 bits per heavy atom. The van der Waals surface area contributed by atoms with Crippen LogP contribution in [0.15, 0.2) is 72.8 Å². The average molecular weight is 341 g/mol. The van der Waals surface area contributed by atoms with E-state index in [-0.39, 0.29) is 5.91 Å². The maximum atomic E-state index is 13.1. The molecule has 2 aliphatic heterocycles. The summed E-state index contributed by atoms with van der Waals surface area (Å²) in [6.07, 6.45) is 1.21. The van der Waals surface area contributed by atoms with Crippen molar-refractivity contribution in [2.24, 2.45) is 0 Å². The standard InChI is InChI=1S/C23H19NO2/c25-22-20-11-5-6-12-21(20)23(26)14-18-9-3-1-7-16(18)13-17-8-2-4-10-19(17)15-24(22)23/h1-12,26H,13-15H2. The monoisotopic (exact) mass is 341 g/mol. The van der Waals surface area contributed by atoms with Crippen LogP contribution >= 0.6 is 0 Å². The molecule has 26 heavy (non-hydrogen) atoms. The van der Waals surface area contributed by atoms with Gasteiger partial charge < -0.3 is 10.0 Å². The lowest BCUT2D eigenvalue weighted by Crippen LogP contribution is -2.45. The lowest BCUT2D eigenvalue weighted by Gasteiger charge is -2.34. The highest BCUT2D eigenvalue weighted by molar-refractivity contribution is 5.99. The summed E-state index contributed by atoms with van der Waals surface area (Å²) in [5.74, 6) is -0.0997. The second-order valence-electron chi connectivity index (χ2n) is 7.14. The zero-order valence-electron chi connectivity index (χ0n) is 14.4. The number of benzene rings is 3. The van der Waals surface area contributed by atoms with E-state index in [2.05, 4.69) is 24.3 Å². The van der Waals surface area contributed by atoms with Crippen LogP contribution in [0.1, 0.15) is 38.2 Å². The molecule has 0 saturated carbocycles. The molecule has 5 rings (SSSR count). The second-order valence-corrected chi connectivity index (χ2v) is 7.14. The highest BCUT2D eigenvalue weighted by Gasteiger charge is 2.48. The predicted octanol–water partition coefficient (Wildman–Crippen LogP) is 3.63. The minimum atomic E-state index is -1.32. The number of aliphatic hydroxyl groups is 1. The predicted molar refractivity (Wildman–Crippen MR) is 99.6 cm³/mol. The molecule has 128 valence electrons. The number of hydrogen-bond donors (Lipinski definition) is 1. The summed E-state index contributed by atoms with van der Waals surface area (Å²) >= 11 is 0. The van der Waals surface area contributed by atoms with Crippen molar-refractivity contribution in [2.45, 2.75) is 25.1 Å². The third-order valence-corrected chi connectivity index (χ3v) is 5.66. The number of hydrogen-bond acceptors (Lipinski definition) is 2. The Bertz CT molecular complexity index is 1030. The first-order valence-corrected chi connectivity index (χ1v) is 8.94. The van der Waals surface area contributed by atoms with Crippen molar-refractivity contribution < 1.29 is 9.90 Å². The summed E-state index contributed by atoms with van der Waals surface area (Å²) in [6, 6.07) is 23.8. The molecule has 1 N–H and O–H groups in total. The van der Waals surface area contributed by atoms with E-state index in [1.165, 1.54) is 11.1 Å². The largest absolute Gasteiger partial charge is 0.366 e. The van der Waals surface area contributed by atoms with Gasteiger partial charge in [-0.05, 0) is 34.7 Å². The van der Waals surface area contributed by atoms with Crippen molar-refractivity contribution in [1.82, 2.24) is 4.90 Å². The van der Waals surface area contributed by atoms with Gasteiger partial charge in [0.25, 0.3) is 5.91 Å². The first kappa shape index (κ1) is 15.4. The molecule has 0 aliphatic carbocycles. The van der Waals surface area contributed by atoms with E-state index < -0.39 is 5.72 Å². The zero-order valence-corrected chi connectivity index (χ0v) is 14.4. The van der Waals surface area contributed by atoms with Crippen LogP contribution in [0.2, 0.25) is 0 Å². The van der Waals surface area contributed by atoms with Crippen LogP contribution in [0, 0.1) is 0 Å². The lowest BCUT2D eigenvalue weighted by atomic mass is 9.90. The molecule has 0 saturated heterocycles. The molecule has 3 nitrogen and oxygen atoms in total. The molecular formula is C23H19NO2. The van der Waals surface area contributed by atoms with Gasteiger partial charge in [0.05, 0.1) is 0 Å². The van der Waals surface area contributed by atoms with Gasteiger partial charge in [0, 0.05) is 24.1 Å². The molecular weight excluding hydrogens is 322 g/mol. The van der Waals surface area contributed by atoms with Crippen LogP contribution in [-0.4, -0.2) is 15.9 Å². The van der Waals surface area contributed by atoms with E-state index in [9.17, 15) is 9.90 Å². The van der Waals surface area contributed by atoms with Gasteiger partial charge in [0.1, 0.15) is 0 Å². The van der Waals surface area contributed by atoms with E-state index in [1.807, 2.05) is 48.5 Å². The summed E-state index contributed by atoms with van der Waals surface area (Å²) in [7, 11) is 0. The number of carbonyl (C=O) groups is 1. The Hall–Kier alpha value is -2.91. The van der Waals surface area contributed by atoms with Crippen molar-refractivity contribution in [3.8, 4) is 0 Å². The molecule has 0 radical (unpaired) electrons. The topological polar surface area (TPSA) is 40.5 Å². The van der Waals surface area contributed by atoms with Crippen molar-refractivity contribution in [2.75, 3.05) is 0 Å². The van der Waals surface area contributed by atoms with E-state index in [0.29, 0.717) is 24.1 Å². The molecule has 0 aromatic heterocycles. The first-order valence-electron chi connectivity index (χ1n) is 8.94. The number of nitrogens with zero attached hydrogens (tertiary/aromatic N) is 1. The van der Waals surface area contributed by atoms with Crippen molar-refractivity contribution >= 4 is 5.91 Å². The summed E-state index contributed by atoms with van der Waals surface area (Å²) in [6.45, 7) is 0.411. The summed E-state index contributed by atoms with van der Waals surface area (Å²) in [4.78, 5) is 14.7. The maximum absolute atomic E-state index is 13.1. The number of carbonyl (C=O) groups excluding carboxylic acids is 1. The third-order valence-electron chi connectivity index (χ3n) is 5.66. The highest BCUT2D eigenvalue weighted by Crippen LogP contribution is 2.42. The van der Waals surface area contributed by atoms with Crippen LogP contribution in [0.5, 0.6) is 0 Å². The van der Waals surface area contributed by atoms with Crippen LogP contribution in [-0.2, 0) is 25.1 Å². The smallest absolute Gasteiger partial charge is 0.257 e. The Morgan fingerprint density at radius 3 is 2.12 bits per heavy atom. The van der Waals surface area contributed by atoms with Gasteiger partial charge in [-0.2, -0.15) is 0 Å².